The van der Waals surface area contributed by atoms with E-state index in [4.69, 9.17) is 16.7 Å². The van der Waals surface area contributed by atoms with Crippen LogP contribution in [0.1, 0.15) is 6.92 Å². The molecule has 1 aliphatic heterocycles. The molecule has 70 valence electrons. The molecule has 1 aliphatic rings. The third kappa shape index (κ3) is 1.71. The molecule has 0 saturated carbocycles. The Balaban J connectivity index is 3.10. The van der Waals surface area contributed by atoms with Gasteiger partial charge in [0.05, 0.1) is 0 Å². The molecule has 0 fully saturated rings. The van der Waals surface area contributed by atoms with E-state index >= 15 is 0 Å². The first-order chi connectivity index (χ1) is 5.34. The summed E-state index contributed by atoms with van der Waals surface area (Å²) >= 11 is 6.83. The molecule has 0 aromatic heterocycles. The Hall–Kier alpha value is 0.0900. The molecule has 0 bridgehead atoms. The van der Waals surface area contributed by atoms with Crippen molar-refractivity contribution in [3.05, 3.63) is 9.93 Å². The van der Waals surface area contributed by atoms with Crippen molar-refractivity contribution in [2.75, 3.05) is 7.05 Å². The van der Waals surface area contributed by atoms with Gasteiger partial charge in [0.15, 0.2) is 4.83 Å². The molecule has 0 aromatic rings. The van der Waals surface area contributed by atoms with Crippen LogP contribution in [0.5, 0.6) is 0 Å². The molecule has 2 N–H and O–H groups in total. The van der Waals surface area contributed by atoms with Crippen molar-refractivity contribution in [1.29, 1.82) is 0 Å². The maximum absolute atomic E-state index is 10.9. The summed E-state index contributed by atoms with van der Waals surface area (Å²) in [6, 6.07) is 0. The van der Waals surface area contributed by atoms with Crippen molar-refractivity contribution >= 4 is 33.4 Å². The Morgan fingerprint density at radius 2 is 2.17 bits per heavy atom. The summed E-state index contributed by atoms with van der Waals surface area (Å²) in [5.41, 5.74) is 0.600. The highest BCUT2D eigenvalue weighted by Crippen LogP contribution is 2.40. The van der Waals surface area contributed by atoms with Crippen LogP contribution < -0.4 is 5.14 Å². The van der Waals surface area contributed by atoms with E-state index in [1.54, 1.807) is 18.9 Å². The fraction of sp³-hybridized carbons (Fsp3) is 0.600. The lowest BCUT2D eigenvalue weighted by Gasteiger charge is -2.15. The van der Waals surface area contributed by atoms with Gasteiger partial charge < -0.3 is 4.90 Å². The molecule has 0 spiro atoms. The number of alkyl halides is 1. The Bertz CT molecular complexity index is 324. The molecule has 0 radical (unpaired) electrons. The Morgan fingerprint density at radius 3 is 2.33 bits per heavy atom. The third-order valence-electron chi connectivity index (χ3n) is 1.59. The fourth-order valence-electron chi connectivity index (χ4n) is 0.822. The number of rotatable bonds is 1. The molecule has 0 aromatic carbocycles. The van der Waals surface area contributed by atoms with E-state index in [0.29, 0.717) is 5.70 Å². The predicted molar refractivity (Wildman–Crippen MR) is 50.8 cm³/mol. The molecule has 1 rings (SSSR count). The van der Waals surface area contributed by atoms with Crippen LogP contribution in [0.4, 0.5) is 0 Å². The van der Waals surface area contributed by atoms with Crippen molar-refractivity contribution in [3.63, 3.8) is 0 Å². The summed E-state index contributed by atoms with van der Waals surface area (Å²) in [4.78, 5) is 1.28. The van der Waals surface area contributed by atoms with Crippen LogP contribution in [-0.2, 0) is 10.0 Å². The van der Waals surface area contributed by atoms with E-state index in [1.165, 1.54) is 0 Å². The first kappa shape index (κ1) is 10.2. The summed E-state index contributed by atoms with van der Waals surface area (Å²) in [5, 5.41) is 4.96. The van der Waals surface area contributed by atoms with Gasteiger partial charge in [0.2, 0.25) is 10.0 Å². The minimum absolute atomic E-state index is 0.157. The molecule has 4 nitrogen and oxygen atoms in total. The summed E-state index contributed by atoms with van der Waals surface area (Å²) < 4.78 is 22.1. The standard InChI is InChI=1S/C5H9ClN2O2S2/c1-3-4(12(7,9)10)11-5(6)8(3)2/h5H,1-2H3,(H2,7,9,10). The van der Waals surface area contributed by atoms with Crippen molar-refractivity contribution in [1.82, 2.24) is 4.90 Å². The summed E-state index contributed by atoms with van der Waals surface area (Å²) in [6.45, 7) is 1.68. The van der Waals surface area contributed by atoms with Gasteiger partial charge in [-0.3, -0.25) is 0 Å². The van der Waals surface area contributed by atoms with E-state index in [-0.39, 0.29) is 9.07 Å². The van der Waals surface area contributed by atoms with E-state index in [1.807, 2.05) is 0 Å². The predicted octanol–water partition coefficient (Wildman–Crippen LogP) is 0.665. The van der Waals surface area contributed by atoms with Crippen LogP contribution in [0.3, 0.4) is 0 Å². The number of sulfonamides is 1. The second-order valence-electron chi connectivity index (χ2n) is 2.44. The molecule has 1 atom stereocenters. The largest absolute Gasteiger partial charge is 0.352 e. The maximum atomic E-state index is 10.9. The Kier molecular flexibility index (Phi) is 2.63. The quantitative estimate of drug-likeness (QED) is 0.529. The zero-order valence-corrected chi connectivity index (χ0v) is 9.00. The molecule has 12 heavy (non-hydrogen) atoms. The summed E-state index contributed by atoms with van der Waals surface area (Å²) in [5.74, 6) is 0. The summed E-state index contributed by atoms with van der Waals surface area (Å²) in [6.07, 6.45) is 0. The highest BCUT2D eigenvalue weighted by molar-refractivity contribution is 8.19. The number of hydrogen-bond donors (Lipinski definition) is 1. The third-order valence-corrected chi connectivity index (χ3v) is 4.97. The van der Waals surface area contributed by atoms with Crippen molar-refractivity contribution in [2.45, 2.75) is 11.8 Å². The highest BCUT2D eigenvalue weighted by Gasteiger charge is 2.31. The Morgan fingerprint density at radius 1 is 1.67 bits per heavy atom. The zero-order valence-electron chi connectivity index (χ0n) is 6.61. The number of allylic oxidation sites excluding steroid dienone is 1. The summed E-state index contributed by atoms with van der Waals surface area (Å²) in [7, 11) is -1.88. The zero-order chi connectivity index (χ0) is 9.52. The lowest BCUT2D eigenvalue weighted by molar-refractivity contribution is 0.474. The smallest absolute Gasteiger partial charge is 0.245 e. The van der Waals surface area contributed by atoms with Gasteiger partial charge in [0, 0.05) is 12.7 Å². The van der Waals surface area contributed by atoms with Crippen molar-refractivity contribution in [2.24, 2.45) is 5.14 Å². The first-order valence-electron chi connectivity index (χ1n) is 3.11. The number of halogens is 1. The molecule has 1 unspecified atom stereocenters. The average Bonchev–Trinajstić information content (AvgIpc) is 2.15. The molecule has 1 heterocycles. The molecule has 0 saturated heterocycles. The maximum Gasteiger partial charge on any atom is 0.245 e. The number of nitrogens with two attached hydrogens (primary N) is 1. The molecule has 0 aliphatic carbocycles. The molecular weight excluding hydrogens is 220 g/mol. The number of hydrogen-bond acceptors (Lipinski definition) is 4. The van der Waals surface area contributed by atoms with Crippen molar-refractivity contribution in [3.8, 4) is 0 Å². The van der Waals surface area contributed by atoms with E-state index < -0.39 is 10.0 Å². The first-order valence-corrected chi connectivity index (χ1v) is 5.97. The van der Waals surface area contributed by atoms with Gasteiger partial charge in [-0.25, -0.2) is 13.6 Å². The van der Waals surface area contributed by atoms with E-state index in [9.17, 15) is 8.42 Å². The van der Waals surface area contributed by atoms with Gasteiger partial charge in [0.1, 0.15) is 4.24 Å². The van der Waals surface area contributed by atoms with Crippen LogP contribution in [-0.4, -0.2) is 25.2 Å². The van der Waals surface area contributed by atoms with Gasteiger partial charge in [0.25, 0.3) is 0 Å². The molecule has 0 amide bonds. The van der Waals surface area contributed by atoms with Crippen LogP contribution in [0.15, 0.2) is 9.93 Å². The normalized spacial score (nSPS) is 25.3. The number of thioether (sulfide) groups is 1. The van der Waals surface area contributed by atoms with Gasteiger partial charge in [-0.05, 0) is 6.92 Å². The average molecular weight is 229 g/mol. The molecular formula is C5H9ClN2O2S2. The minimum atomic E-state index is -3.60. The van der Waals surface area contributed by atoms with E-state index in [0.717, 1.165) is 11.8 Å². The lowest BCUT2D eigenvalue weighted by atomic mass is 10.5. The van der Waals surface area contributed by atoms with Crippen LogP contribution in [0.2, 0.25) is 0 Å². The topological polar surface area (TPSA) is 63.4 Å². The monoisotopic (exact) mass is 228 g/mol. The van der Waals surface area contributed by atoms with Crippen LogP contribution in [0.25, 0.3) is 0 Å². The van der Waals surface area contributed by atoms with Gasteiger partial charge in [-0.1, -0.05) is 23.4 Å². The fourth-order valence-corrected chi connectivity index (χ4v) is 3.57. The second kappa shape index (κ2) is 3.10. The number of nitrogens with zero attached hydrogens (tertiary/aromatic N) is 1. The van der Waals surface area contributed by atoms with E-state index in [2.05, 4.69) is 0 Å². The lowest BCUT2D eigenvalue weighted by Crippen LogP contribution is -2.17. The Labute approximate surface area is 80.8 Å². The van der Waals surface area contributed by atoms with Gasteiger partial charge in [-0.15, -0.1) is 0 Å². The van der Waals surface area contributed by atoms with Crippen LogP contribution in [0, 0.1) is 0 Å². The minimum Gasteiger partial charge on any atom is -0.352 e. The van der Waals surface area contributed by atoms with Gasteiger partial charge >= 0.3 is 0 Å². The van der Waals surface area contributed by atoms with Gasteiger partial charge in [-0.2, -0.15) is 0 Å². The SMILES string of the molecule is CC1=C(S(N)(=O)=O)SC(Cl)N1C. The molecule has 7 heteroatoms. The second-order valence-corrected chi connectivity index (χ2v) is 5.96. The number of primary sulfonamides is 1. The highest BCUT2D eigenvalue weighted by atomic mass is 35.5. The van der Waals surface area contributed by atoms with Crippen molar-refractivity contribution < 1.29 is 8.42 Å². The van der Waals surface area contributed by atoms with Crippen LogP contribution >= 0.6 is 23.4 Å².